The monoisotopic (exact) mass is 233 g/mol. The Morgan fingerprint density at radius 3 is 2.88 bits per heavy atom. The number of aromatic nitrogens is 1. The normalized spacial score (nSPS) is 11.9. The molecule has 1 heterocycles. The average molecular weight is 233 g/mol. The van der Waals surface area contributed by atoms with Crippen molar-refractivity contribution in [3.8, 4) is 6.07 Å². The van der Waals surface area contributed by atoms with Gasteiger partial charge in [0, 0.05) is 11.9 Å². The molecule has 1 aromatic heterocycles. The van der Waals surface area contributed by atoms with Gasteiger partial charge in [0.2, 0.25) is 0 Å². The standard InChI is InChI=1S/C12H15N3O2/c1-8(2)5-11(12(16)17)15-9-3-4-14-10(6-9)7-13/h3-4,6,8,11H,5H2,1-2H3,(H,14,15)(H,16,17)/t11-/m0/s1. The van der Waals surface area contributed by atoms with Crippen molar-refractivity contribution in [3.63, 3.8) is 0 Å². The first kappa shape index (κ1) is 13.0. The fourth-order valence-electron chi connectivity index (χ4n) is 1.48. The van der Waals surface area contributed by atoms with E-state index in [1.54, 1.807) is 6.07 Å². The van der Waals surface area contributed by atoms with Crippen molar-refractivity contribution in [2.75, 3.05) is 5.32 Å². The Labute approximate surface area is 100 Å². The van der Waals surface area contributed by atoms with Crippen LogP contribution in [-0.4, -0.2) is 22.1 Å². The van der Waals surface area contributed by atoms with E-state index in [-0.39, 0.29) is 11.6 Å². The molecular weight excluding hydrogens is 218 g/mol. The Kier molecular flexibility index (Phi) is 4.46. The van der Waals surface area contributed by atoms with Crippen LogP contribution in [0, 0.1) is 17.2 Å². The van der Waals surface area contributed by atoms with Crippen LogP contribution in [0.3, 0.4) is 0 Å². The summed E-state index contributed by atoms with van der Waals surface area (Å²) in [4.78, 5) is 14.9. The van der Waals surface area contributed by atoms with Gasteiger partial charge in [-0.2, -0.15) is 5.26 Å². The highest BCUT2D eigenvalue weighted by molar-refractivity contribution is 5.77. The van der Waals surface area contributed by atoms with Gasteiger partial charge in [0.1, 0.15) is 17.8 Å². The van der Waals surface area contributed by atoms with Gasteiger partial charge in [0.25, 0.3) is 0 Å². The summed E-state index contributed by atoms with van der Waals surface area (Å²) in [6, 6.07) is 4.45. The lowest BCUT2D eigenvalue weighted by molar-refractivity contribution is -0.138. The van der Waals surface area contributed by atoms with E-state index in [4.69, 9.17) is 10.4 Å². The van der Waals surface area contributed by atoms with Crippen LogP contribution in [0.5, 0.6) is 0 Å². The number of carbonyl (C=O) groups is 1. The predicted octanol–water partition coefficient (Wildman–Crippen LogP) is 1.86. The number of pyridine rings is 1. The Balaban J connectivity index is 2.79. The molecule has 90 valence electrons. The third kappa shape index (κ3) is 4.11. The van der Waals surface area contributed by atoms with E-state index in [1.165, 1.54) is 12.3 Å². The summed E-state index contributed by atoms with van der Waals surface area (Å²) in [6.07, 6.45) is 2.01. The lowest BCUT2D eigenvalue weighted by Crippen LogP contribution is -2.30. The molecule has 0 radical (unpaired) electrons. The number of carboxylic acid groups (broad SMARTS) is 1. The van der Waals surface area contributed by atoms with E-state index in [0.29, 0.717) is 12.1 Å². The molecule has 0 aliphatic carbocycles. The number of carboxylic acids is 1. The van der Waals surface area contributed by atoms with Crippen molar-refractivity contribution >= 4 is 11.7 Å². The summed E-state index contributed by atoms with van der Waals surface area (Å²) in [6.45, 7) is 3.93. The number of hydrogen-bond donors (Lipinski definition) is 2. The lowest BCUT2D eigenvalue weighted by Gasteiger charge is -2.17. The first-order valence-corrected chi connectivity index (χ1v) is 5.38. The van der Waals surface area contributed by atoms with E-state index in [9.17, 15) is 4.79 Å². The van der Waals surface area contributed by atoms with Gasteiger partial charge < -0.3 is 10.4 Å². The molecule has 0 saturated carbocycles. The van der Waals surface area contributed by atoms with Crippen molar-refractivity contribution in [3.05, 3.63) is 24.0 Å². The molecule has 0 aliphatic heterocycles. The zero-order valence-corrected chi connectivity index (χ0v) is 9.84. The Bertz CT molecular complexity index is 438. The van der Waals surface area contributed by atoms with Crippen LogP contribution in [0.2, 0.25) is 0 Å². The second kappa shape index (κ2) is 5.85. The summed E-state index contributed by atoms with van der Waals surface area (Å²) < 4.78 is 0. The maximum absolute atomic E-state index is 11.1. The van der Waals surface area contributed by atoms with Crippen LogP contribution in [-0.2, 0) is 4.79 Å². The number of rotatable bonds is 5. The van der Waals surface area contributed by atoms with Crippen LogP contribution in [0.4, 0.5) is 5.69 Å². The summed E-state index contributed by atoms with van der Waals surface area (Å²) in [5, 5.41) is 20.7. The van der Waals surface area contributed by atoms with Gasteiger partial charge in [0.05, 0.1) is 0 Å². The second-order valence-electron chi connectivity index (χ2n) is 4.21. The quantitative estimate of drug-likeness (QED) is 0.810. The maximum Gasteiger partial charge on any atom is 0.326 e. The fraction of sp³-hybridized carbons (Fsp3) is 0.417. The van der Waals surface area contributed by atoms with E-state index in [0.717, 1.165) is 0 Å². The Hall–Kier alpha value is -2.09. The molecule has 0 spiro atoms. The molecule has 1 aromatic rings. The highest BCUT2D eigenvalue weighted by atomic mass is 16.4. The summed E-state index contributed by atoms with van der Waals surface area (Å²) in [5.41, 5.74) is 0.869. The molecule has 1 rings (SSSR count). The van der Waals surface area contributed by atoms with Crippen molar-refractivity contribution in [1.29, 1.82) is 5.26 Å². The first-order chi connectivity index (χ1) is 8.02. The molecule has 0 saturated heterocycles. The van der Waals surface area contributed by atoms with Gasteiger partial charge in [0.15, 0.2) is 0 Å². The van der Waals surface area contributed by atoms with E-state index < -0.39 is 12.0 Å². The first-order valence-electron chi connectivity index (χ1n) is 5.38. The lowest BCUT2D eigenvalue weighted by atomic mass is 10.0. The average Bonchev–Trinajstić information content (AvgIpc) is 2.27. The predicted molar refractivity (Wildman–Crippen MR) is 63.5 cm³/mol. The van der Waals surface area contributed by atoms with Crippen molar-refractivity contribution in [2.45, 2.75) is 26.3 Å². The fourth-order valence-corrected chi connectivity index (χ4v) is 1.48. The molecule has 0 aliphatic rings. The minimum Gasteiger partial charge on any atom is -0.480 e. The van der Waals surface area contributed by atoms with Crippen molar-refractivity contribution in [1.82, 2.24) is 4.98 Å². The zero-order valence-electron chi connectivity index (χ0n) is 9.84. The number of nitrogens with one attached hydrogen (secondary N) is 1. The molecule has 5 nitrogen and oxygen atoms in total. The number of aliphatic carboxylic acids is 1. The molecule has 0 unspecified atom stereocenters. The molecular formula is C12H15N3O2. The maximum atomic E-state index is 11.1. The molecule has 1 atom stereocenters. The van der Waals surface area contributed by atoms with Gasteiger partial charge >= 0.3 is 5.97 Å². The van der Waals surface area contributed by atoms with Gasteiger partial charge in [-0.25, -0.2) is 9.78 Å². The zero-order chi connectivity index (χ0) is 12.8. The highest BCUT2D eigenvalue weighted by Crippen LogP contribution is 2.13. The summed E-state index contributed by atoms with van der Waals surface area (Å²) >= 11 is 0. The molecule has 5 heteroatoms. The number of nitrogens with zero attached hydrogens (tertiary/aromatic N) is 2. The summed E-state index contributed by atoms with van der Waals surface area (Å²) in [5.74, 6) is -0.616. The van der Waals surface area contributed by atoms with Gasteiger partial charge in [-0.1, -0.05) is 13.8 Å². The van der Waals surface area contributed by atoms with Gasteiger partial charge in [-0.3, -0.25) is 0 Å². The molecule has 0 amide bonds. The van der Waals surface area contributed by atoms with Gasteiger partial charge in [-0.05, 0) is 24.5 Å². The third-order valence-electron chi connectivity index (χ3n) is 2.22. The third-order valence-corrected chi connectivity index (χ3v) is 2.22. The van der Waals surface area contributed by atoms with Crippen LogP contribution in [0.1, 0.15) is 26.0 Å². The topological polar surface area (TPSA) is 86.0 Å². The van der Waals surface area contributed by atoms with Crippen molar-refractivity contribution in [2.24, 2.45) is 5.92 Å². The van der Waals surface area contributed by atoms with Crippen LogP contribution >= 0.6 is 0 Å². The van der Waals surface area contributed by atoms with Crippen LogP contribution < -0.4 is 5.32 Å². The molecule has 0 aromatic carbocycles. The SMILES string of the molecule is CC(C)C[C@H](Nc1ccnc(C#N)c1)C(=O)O. The van der Waals surface area contributed by atoms with E-state index in [1.807, 2.05) is 19.9 Å². The smallest absolute Gasteiger partial charge is 0.326 e. The largest absolute Gasteiger partial charge is 0.480 e. The molecule has 0 fully saturated rings. The summed E-state index contributed by atoms with van der Waals surface area (Å²) in [7, 11) is 0. The molecule has 2 N–H and O–H groups in total. The second-order valence-corrected chi connectivity index (χ2v) is 4.21. The minimum atomic E-state index is -0.894. The van der Waals surface area contributed by atoms with E-state index in [2.05, 4.69) is 10.3 Å². The van der Waals surface area contributed by atoms with Crippen LogP contribution in [0.15, 0.2) is 18.3 Å². The van der Waals surface area contributed by atoms with Crippen molar-refractivity contribution < 1.29 is 9.90 Å². The molecule has 0 bridgehead atoms. The molecule has 17 heavy (non-hydrogen) atoms. The van der Waals surface area contributed by atoms with Gasteiger partial charge in [-0.15, -0.1) is 0 Å². The van der Waals surface area contributed by atoms with E-state index >= 15 is 0 Å². The minimum absolute atomic E-state index is 0.267. The number of anilines is 1. The Morgan fingerprint density at radius 2 is 2.35 bits per heavy atom. The number of hydrogen-bond acceptors (Lipinski definition) is 4. The van der Waals surface area contributed by atoms with Crippen LogP contribution in [0.25, 0.3) is 0 Å². The number of nitriles is 1. The Morgan fingerprint density at radius 1 is 1.65 bits per heavy atom. The highest BCUT2D eigenvalue weighted by Gasteiger charge is 2.18.